The van der Waals surface area contributed by atoms with Crippen LogP contribution >= 0.6 is 0 Å². The molecule has 1 aromatic carbocycles. The second-order valence-corrected chi connectivity index (χ2v) is 4.33. The minimum Gasteiger partial charge on any atom is -0.355 e. The highest BCUT2D eigenvalue weighted by Gasteiger charge is 2.14. The molecule has 0 aliphatic carbocycles. The van der Waals surface area contributed by atoms with E-state index in [0.717, 1.165) is 12.1 Å². The van der Waals surface area contributed by atoms with Gasteiger partial charge in [0.15, 0.2) is 0 Å². The van der Waals surface area contributed by atoms with Crippen LogP contribution in [0, 0.1) is 5.82 Å². The molecular weight excluding hydrogens is 223 g/mol. The number of amides is 1. The van der Waals surface area contributed by atoms with Crippen LogP contribution in [0.25, 0.3) is 0 Å². The van der Waals surface area contributed by atoms with Gasteiger partial charge in [0.2, 0.25) is 10.0 Å². The number of nitrogens with one attached hydrogen (secondary N) is 1. The van der Waals surface area contributed by atoms with E-state index in [-0.39, 0.29) is 10.5 Å². The van der Waals surface area contributed by atoms with Crippen LogP contribution < -0.4 is 10.5 Å². The van der Waals surface area contributed by atoms with Crippen LogP contribution in [-0.4, -0.2) is 21.4 Å². The summed E-state index contributed by atoms with van der Waals surface area (Å²) in [5, 5.41) is 7.01. The Kier molecular flexibility index (Phi) is 3.06. The summed E-state index contributed by atoms with van der Waals surface area (Å²) in [6.45, 7) is 0. The van der Waals surface area contributed by atoms with Gasteiger partial charge in [-0.1, -0.05) is 0 Å². The molecule has 1 amide bonds. The lowest BCUT2D eigenvalue weighted by molar-refractivity contribution is 0.0959. The number of rotatable bonds is 2. The summed E-state index contributed by atoms with van der Waals surface area (Å²) in [5.41, 5.74) is -0.232. The average molecular weight is 232 g/mol. The van der Waals surface area contributed by atoms with Gasteiger partial charge >= 0.3 is 0 Å². The number of sulfonamides is 1. The summed E-state index contributed by atoms with van der Waals surface area (Å²) in [6, 6.07) is 2.84. The van der Waals surface area contributed by atoms with Crippen LogP contribution in [0.4, 0.5) is 4.39 Å². The van der Waals surface area contributed by atoms with Gasteiger partial charge in [0.25, 0.3) is 5.91 Å². The molecule has 0 aliphatic heterocycles. The Morgan fingerprint density at radius 1 is 1.47 bits per heavy atom. The first-order valence-corrected chi connectivity index (χ1v) is 5.45. The van der Waals surface area contributed by atoms with E-state index in [1.54, 1.807) is 0 Å². The van der Waals surface area contributed by atoms with Crippen molar-refractivity contribution in [1.29, 1.82) is 0 Å². The number of halogens is 1. The Morgan fingerprint density at radius 2 is 2.07 bits per heavy atom. The van der Waals surface area contributed by atoms with Crippen LogP contribution in [0.5, 0.6) is 0 Å². The van der Waals surface area contributed by atoms with Crippen LogP contribution in [0.2, 0.25) is 0 Å². The maximum atomic E-state index is 13.2. The number of primary sulfonamides is 1. The maximum Gasteiger partial charge on any atom is 0.253 e. The molecule has 0 heterocycles. The molecule has 0 aliphatic rings. The fraction of sp³-hybridized carbons (Fsp3) is 0.125. The van der Waals surface area contributed by atoms with Gasteiger partial charge in [-0.15, -0.1) is 0 Å². The van der Waals surface area contributed by atoms with Gasteiger partial charge in [-0.25, -0.2) is 17.9 Å². The summed E-state index contributed by atoms with van der Waals surface area (Å²) in [6.07, 6.45) is 0. The van der Waals surface area contributed by atoms with Crippen molar-refractivity contribution < 1.29 is 17.6 Å². The Labute approximate surface area is 86.1 Å². The quantitative estimate of drug-likeness (QED) is 0.742. The van der Waals surface area contributed by atoms with Crippen LogP contribution in [-0.2, 0) is 10.0 Å². The average Bonchev–Trinajstić information content (AvgIpc) is 2.15. The third-order valence-electron chi connectivity index (χ3n) is 1.74. The molecule has 0 fully saturated rings. The van der Waals surface area contributed by atoms with Gasteiger partial charge in [-0.05, 0) is 18.2 Å². The standard InChI is InChI=1S/C8H9FN2O3S/c1-11-8(12)6-3-2-5(4-7(6)9)15(10,13)14/h2-4H,1H3,(H,11,12)(H2,10,13,14). The fourth-order valence-electron chi connectivity index (χ4n) is 0.992. The summed E-state index contributed by atoms with van der Waals surface area (Å²) in [7, 11) is -2.60. The minimum atomic E-state index is -3.95. The number of hydrogen-bond acceptors (Lipinski definition) is 3. The maximum absolute atomic E-state index is 13.2. The molecule has 3 N–H and O–H groups in total. The predicted molar refractivity (Wildman–Crippen MR) is 51.2 cm³/mol. The smallest absolute Gasteiger partial charge is 0.253 e. The van der Waals surface area contributed by atoms with E-state index in [2.05, 4.69) is 5.32 Å². The molecule has 0 spiro atoms. The number of carbonyl (C=O) groups is 1. The Morgan fingerprint density at radius 3 is 2.47 bits per heavy atom. The third kappa shape index (κ3) is 2.51. The Balaban J connectivity index is 3.27. The lowest BCUT2D eigenvalue weighted by atomic mass is 10.2. The fourth-order valence-corrected chi connectivity index (χ4v) is 1.52. The normalized spacial score (nSPS) is 11.1. The zero-order valence-electron chi connectivity index (χ0n) is 7.82. The Hall–Kier alpha value is -1.47. The molecule has 0 unspecified atom stereocenters. The van der Waals surface area contributed by atoms with Crippen molar-refractivity contribution in [1.82, 2.24) is 5.32 Å². The van der Waals surface area contributed by atoms with Crippen LogP contribution in [0.3, 0.4) is 0 Å². The summed E-state index contributed by atoms with van der Waals surface area (Å²) in [5.74, 6) is -1.56. The molecule has 0 bridgehead atoms. The lowest BCUT2D eigenvalue weighted by Crippen LogP contribution is -2.20. The van der Waals surface area contributed by atoms with Gasteiger partial charge in [0.05, 0.1) is 10.5 Å². The molecule has 15 heavy (non-hydrogen) atoms. The largest absolute Gasteiger partial charge is 0.355 e. The topological polar surface area (TPSA) is 89.3 Å². The van der Waals surface area contributed by atoms with Gasteiger partial charge in [-0.3, -0.25) is 4.79 Å². The first kappa shape index (κ1) is 11.6. The molecule has 1 rings (SSSR count). The molecule has 5 nitrogen and oxygen atoms in total. The van der Waals surface area contributed by atoms with Gasteiger partial charge in [0, 0.05) is 7.05 Å². The highest BCUT2D eigenvalue weighted by molar-refractivity contribution is 7.89. The predicted octanol–water partition coefficient (Wildman–Crippen LogP) is -0.167. The molecule has 1 aromatic rings. The molecule has 7 heteroatoms. The van der Waals surface area contributed by atoms with Gasteiger partial charge in [0.1, 0.15) is 5.82 Å². The first-order valence-electron chi connectivity index (χ1n) is 3.90. The molecule has 0 radical (unpaired) electrons. The van der Waals surface area contributed by atoms with Crippen molar-refractivity contribution >= 4 is 15.9 Å². The molecule has 0 aromatic heterocycles. The SMILES string of the molecule is CNC(=O)c1ccc(S(N)(=O)=O)cc1F. The van der Waals surface area contributed by atoms with E-state index >= 15 is 0 Å². The molecule has 82 valence electrons. The highest BCUT2D eigenvalue weighted by atomic mass is 32.2. The summed E-state index contributed by atoms with van der Waals surface area (Å²) in [4.78, 5) is 10.7. The highest BCUT2D eigenvalue weighted by Crippen LogP contribution is 2.13. The third-order valence-corrected chi connectivity index (χ3v) is 2.65. The number of nitrogens with two attached hydrogens (primary N) is 1. The monoisotopic (exact) mass is 232 g/mol. The minimum absolute atomic E-state index is 0.232. The van der Waals surface area contributed by atoms with E-state index in [4.69, 9.17) is 5.14 Å². The molecule has 0 saturated heterocycles. The van der Waals surface area contributed by atoms with Crippen molar-refractivity contribution in [3.8, 4) is 0 Å². The lowest BCUT2D eigenvalue weighted by Gasteiger charge is -2.03. The van der Waals surface area contributed by atoms with Crippen LogP contribution in [0.15, 0.2) is 23.1 Å². The van der Waals surface area contributed by atoms with E-state index in [1.807, 2.05) is 0 Å². The van der Waals surface area contributed by atoms with Crippen molar-refractivity contribution in [2.75, 3.05) is 7.05 Å². The van der Waals surface area contributed by atoms with Crippen LogP contribution in [0.1, 0.15) is 10.4 Å². The molecular formula is C8H9FN2O3S. The molecule has 0 saturated carbocycles. The Bertz CT molecular complexity index is 499. The zero-order chi connectivity index (χ0) is 11.6. The van der Waals surface area contributed by atoms with Crippen molar-refractivity contribution in [3.63, 3.8) is 0 Å². The second kappa shape index (κ2) is 3.95. The zero-order valence-corrected chi connectivity index (χ0v) is 8.64. The van der Waals surface area contributed by atoms with E-state index < -0.39 is 21.7 Å². The van der Waals surface area contributed by atoms with Crippen molar-refractivity contribution in [2.24, 2.45) is 5.14 Å². The second-order valence-electron chi connectivity index (χ2n) is 2.77. The molecule has 0 atom stereocenters. The summed E-state index contributed by atoms with van der Waals surface area (Å²) < 4.78 is 34.9. The first-order chi connectivity index (χ1) is 6.86. The number of benzene rings is 1. The van der Waals surface area contributed by atoms with Crippen molar-refractivity contribution in [3.05, 3.63) is 29.6 Å². The number of carbonyl (C=O) groups excluding carboxylic acids is 1. The summed E-state index contributed by atoms with van der Waals surface area (Å²) >= 11 is 0. The van der Waals surface area contributed by atoms with E-state index in [9.17, 15) is 17.6 Å². The number of hydrogen-bond donors (Lipinski definition) is 2. The van der Waals surface area contributed by atoms with Gasteiger partial charge < -0.3 is 5.32 Å². The van der Waals surface area contributed by atoms with E-state index in [0.29, 0.717) is 6.07 Å². The van der Waals surface area contributed by atoms with Gasteiger partial charge in [-0.2, -0.15) is 0 Å². The van der Waals surface area contributed by atoms with E-state index in [1.165, 1.54) is 7.05 Å². The van der Waals surface area contributed by atoms with Crippen molar-refractivity contribution in [2.45, 2.75) is 4.90 Å².